The summed E-state index contributed by atoms with van der Waals surface area (Å²) in [4.78, 5) is 11.9. The number of aryl methyl sites for hydroxylation is 1. The summed E-state index contributed by atoms with van der Waals surface area (Å²) in [5.74, 6) is -0.323. The maximum Gasteiger partial charge on any atom is 0.273 e. The summed E-state index contributed by atoms with van der Waals surface area (Å²) in [6, 6.07) is 8.91. The van der Waals surface area contributed by atoms with E-state index < -0.39 is 6.04 Å². The Kier molecular flexibility index (Phi) is 2.79. The number of carbonyl (C=O) groups excluding carboxylic acids is 1. The molecule has 0 aliphatic rings. The summed E-state index contributed by atoms with van der Waals surface area (Å²) in [5.41, 5.74) is 1.24. The van der Waals surface area contributed by atoms with E-state index in [1.54, 1.807) is 18.7 Å². The summed E-state index contributed by atoms with van der Waals surface area (Å²) in [6.07, 6.45) is 0. The second-order valence-corrected chi connectivity index (χ2v) is 3.81. The fraction of sp³-hybridized carbons (Fsp3) is 0.250. The van der Waals surface area contributed by atoms with E-state index in [-0.39, 0.29) is 5.91 Å². The van der Waals surface area contributed by atoms with Crippen LogP contribution in [0.3, 0.4) is 0 Å². The molecule has 1 aromatic heterocycles. The van der Waals surface area contributed by atoms with E-state index in [9.17, 15) is 4.79 Å². The van der Waals surface area contributed by atoms with E-state index in [0.29, 0.717) is 5.69 Å². The number of hydrogen-bond acceptors (Lipinski definition) is 3. The molecule has 5 heteroatoms. The Balaban J connectivity index is 2.43. The number of benzene rings is 1. The highest BCUT2D eigenvalue weighted by Gasteiger charge is 2.16. The molecule has 1 atom stereocenters. The summed E-state index contributed by atoms with van der Waals surface area (Å²) in [6.45, 7) is 1.63. The lowest BCUT2D eigenvalue weighted by atomic mass is 10.2. The minimum Gasteiger partial charge on any atom is -0.335 e. The molecule has 2 rings (SSSR count). The number of carbonyl (C=O) groups is 1. The van der Waals surface area contributed by atoms with Gasteiger partial charge < -0.3 is 5.32 Å². The molecule has 1 aromatic carbocycles. The quantitative estimate of drug-likeness (QED) is 0.840. The van der Waals surface area contributed by atoms with Crippen LogP contribution in [-0.2, 0) is 7.05 Å². The molecular formula is C12H12N4O. The van der Waals surface area contributed by atoms with Crippen LogP contribution in [0.1, 0.15) is 17.4 Å². The standard InChI is InChI=1S/C12H12N4O/c1-8(7-13)14-12(17)11-9-5-3-4-6-10(9)16(2)15-11/h3-6,8H,1-2H3,(H,14,17). The van der Waals surface area contributed by atoms with E-state index in [1.165, 1.54) is 0 Å². The molecular weight excluding hydrogens is 216 g/mol. The maximum absolute atomic E-state index is 11.9. The number of nitrogens with one attached hydrogen (secondary N) is 1. The van der Waals surface area contributed by atoms with Crippen molar-refractivity contribution in [3.05, 3.63) is 30.0 Å². The van der Waals surface area contributed by atoms with Crippen molar-refractivity contribution in [2.75, 3.05) is 0 Å². The van der Waals surface area contributed by atoms with Gasteiger partial charge in [-0.25, -0.2) is 0 Å². The number of nitrogens with zero attached hydrogens (tertiary/aromatic N) is 3. The number of aromatic nitrogens is 2. The predicted molar refractivity (Wildman–Crippen MR) is 63.3 cm³/mol. The van der Waals surface area contributed by atoms with Gasteiger partial charge in [0.15, 0.2) is 5.69 Å². The zero-order valence-corrected chi connectivity index (χ0v) is 9.64. The third-order valence-corrected chi connectivity index (χ3v) is 2.51. The van der Waals surface area contributed by atoms with E-state index in [0.717, 1.165) is 10.9 Å². The van der Waals surface area contributed by atoms with Crippen molar-refractivity contribution in [1.29, 1.82) is 5.26 Å². The fourth-order valence-corrected chi connectivity index (χ4v) is 1.68. The first-order valence-electron chi connectivity index (χ1n) is 5.25. The largest absolute Gasteiger partial charge is 0.335 e. The van der Waals surface area contributed by atoms with Gasteiger partial charge in [0, 0.05) is 12.4 Å². The third-order valence-electron chi connectivity index (χ3n) is 2.51. The molecule has 17 heavy (non-hydrogen) atoms. The summed E-state index contributed by atoms with van der Waals surface area (Å²) < 4.78 is 1.65. The molecule has 0 spiro atoms. The zero-order valence-electron chi connectivity index (χ0n) is 9.64. The van der Waals surface area contributed by atoms with Crippen LogP contribution in [0.5, 0.6) is 0 Å². The maximum atomic E-state index is 11.9. The average Bonchev–Trinajstić information content (AvgIpc) is 2.67. The van der Waals surface area contributed by atoms with Gasteiger partial charge in [-0.05, 0) is 13.0 Å². The molecule has 0 bridgehead atoms. The lowest BCUT2D eigenvalue weighted by Crippen LogP contribution is -2.31. The minimum absolute atomic E-state index is 0.323. The summed E-state index contributed by atoms with van der Waals surface area (Å²) in [5, 5.41) is 16.2. The number of nitriles is 1. The van der Waals surface area contributed by atoms with Crippen molar-refractivity contribution in [3.8, 4) is 6.07 Å². The van der Waals surface area contributed by atoms with Crippen LogP contribution >= 0.6 is 0 Å². The molecule has 1 heterocycles. The van der Waals surface area contributed by atoms with Crippen molar-refractivity contribution in [1.82, 2.24) is 15.1 Å². The Morgan fingerprint density at radius 3 is 2.94 bits per heavy atom. The van der Waals surface area contributed by atoms with Crippen molar-refractivity contribution in [2.24, 2.45) is 7.05 Å². The third kappa shape index (κ3) is 1.97. The summed E-state index contributed by atoms with van der Waals surface area (Å²) >= 11 is 0. The Hall–Kier alpha value is -2.35. The van der Waals surface area contributed by atoms with Crippen LogP contribution in [0.4, 0.5) is 0 Å². The second kappa shape index (κ2) is 4.26. The topological polar surface area (TPSA) is 70.7 Å². The number of rotatable bonds is 2. The normalized spacial score (nSPS) is 12.1. The number of amides is 1. The molecule has 0 saturated heterocycles. The SMILES string of the molecule is CC(C#N)NC(=O)c1nn(C)c2ccccc12. The van der Waals surface area contributed by atoms with Gasteiger partial charge >= 0.3 is 0 Å². The summed E-state index contributed by atoms with van der Waals surface area (Å²) in [7, 11) is 1.78. The molecule has 0 saturated carbocycles. The molecule has 0 fully saturated rings. The first kappa shape index (κ1) is 11.1. The monoisotopic (exact) mass is 228 g/mol. The van der Waals surface area contributed by atoms with Gasteiger partial charge in [0.25, 0.3) is 5.91 Å². The van der Waals surface area contributed by atoms with Crippen molar-refractivity contribution >= 4 is 16.8 Å². The first-order chi connectivity index (χ1) is 8.13. The van der Waals surface area contributed by atoms with E-state index >= 15 is 0 Å². The molecule has 1 N–H and O–H groups in total. The van der Waals surface area contributed by atoms with Gasteiger partial charge in [-0.15, -0.1) is 0 Å². The number of hydrogen-bond donors (Lipinski definition) is 1. The Morgan fingerprint density at radius 2 is 2.24 bits per heavy atom. The molecule has 5 nitrogen and oxygen atoms in total. The average molecular weight is 228 g/mol. The Bertz CT molecular complexity index is 608. The molecule has 1 unspecified atom stereocenters. The van der Waals surface area contributed by atoms with Gasteiger partial charge in [0.2, 0.25) is 0 Å². The molecule has 86 valence electrons. The zero-order chi connectivity index (χ0) is 12.4. The highest BCUT2D eigenvalue weighted by molar-refractivity contribution is 6.05. The van der Waals surface area contributed by atoms with Crippen molar-refractivity contribution in [2.45, 2.75) is 13.0 Å². The smallest absolute Gasteiger partial charge is 0.273 e. The first-order valence-corrected chi connectivity index (χ1v) is 5.25. The van der Waals surface area contributed by atoms with E-state index in [1.807, 2.05) is 30.3 Å². The van der Waals surface area contributed by atoms with Crippen LogP contribution in [0, 0.1) is 11.3 Å². The van der Waals surface area contributed by atoms with Crippen LogP contribution in [0.25, 0.3) is 10.9 Å². The Morgan fingerprint density at radius 1 is 1.53 bits per heavy atom. The van der Waals surface area contributed by atoms with Gasteiger partial charge in [0.05, 0.1) is 11.6 Å². The molecule has 2 aromatic rings. The van der Waals surface area contributed by atoms with Crippen molar-refractivity contribution in [3.63, 3.8) is 0 Å². The molecule has 0 radical (unpaired) electrons. The fourth-order valence-electron chi connectivity index (χ4n) is 1.68. The predicted octanol–water partition coefficient (Wildman–Crippen LogP) is 1.22. The number of fused-ring (bicyclic) bond motifs is 1. The Labute approximate surface area is 98.6 Å². The molecule has 0 aliphatic carbocycles. The van der Waals surface area contributed by atoms with Crippen LogP contribution in [-0.4, -0.2) is 21.7 Å². The van der Waals surface area contributed by atoms with Crippen LogP contribution in [0.15, 0.2) is 24.3 Å². The van der Waals surface area contributed by atoms with Gasteiger partial charge in [-0.3, -0.25) is 9.48 Å². The van der Waals surface area contributed by atoms with Gasteiger partial charge in [-0.1, -0.05) is 18.2 Å². The van der Waals surface area contributed by atoms with Crippen LogP contribution in [0.2, 0.25) is 0 Å². The van der Waals surface area contributed by atoms with E-state index in [4.69, 9.17) is 5.26 Å². The molecule has 0 aliphatic heterocycles. The minimum atomic E-state index is -0.525. The van der Waals surface area contributed by atoms with E-state index in [2.05, 4.69) is 10.4 Å². The van der Waals surface area contributed by atoms with Crippen molar-refractivity contribution < 1.29 is 4.79 Å². The highest BCUT2D eigenvalue weighted by atomic mass is 16.2. The van der Waals surface area contributed by atoms with Gasteiger partial charge in [0.1, 0.15) is 6.04 Å². The lowest BCUT2D eigenvalue weighted by molar-refractivity contribution is 0.0943. The molecule has 1 amide bonds. The van der Waals surface area contributed by atoms with Crippen LogP contribution < -0.4 is 5.32 Å². The van der Waals surface area contributed by atoms with Gasteiger partial charge in [-0.2, -0.15) is 10.4 Å². The second-order valence-electron chi connectivity index (χ2n) is 3.81. The number of para-hydroxylation sites is 1. The lowest BCUT2D eigenvalue weighted by Gasteiger charge is -2.03. The highest BCUT2D eigenvalue weighted by Crippen LogP contribution is 2.17.